The second-order valence-electron chi connectivity index (χ2n) is 0.831. The van der Waals surface area contributed by atoms with E-state index >= 15 is 0 Å². The normalized spacial score (nSPS) is 9.17. The summed E-state index contributed by atoms with van der Waals surface area (Å²) < 4.78 is 11.3. The van der Waals surface area contributed by atoms with Crippen molar-refractivity contribution in [2.24, 2.45) is 0 Å². The van der Waals surface area contributed by atoms with Crippen molar-refractivity contribution < 1.29 is 4.39 Å². The molecule has 0 unspecified atom stereocenters. The van der Waals surface area contributed by atoms with Crippen LogP contribution in [0.3, 0.4) is 0 Å². The van der Waals surface area contributed by atoms with Gasteiger partial charge in [0.25, 0.3) is 0 Å². The van der Waals surface area contributed by atoms with Crippen LogP contribution in [0.4, 0.5) is 4.39 Å². The molecule has 0 aromatic heterocycles. The van der Waals surface area contributed by atoms with Crippen LogP contribution in [0.2, 0.25) is 0 Å². The summed E-state index contributed by atoms with van der Waals surface area (Å²) in [5.41, 5.74) is -0.606. The molecule has 0 aliphatic rings. The van der Waals surface area contributed by atoms with Crippen molar-refractivity contribution in [3.8, 4) is 0 Å². The van der Waals surface area contributed by atoms with Gasteiger partial charge in [-0.15, -0.1) is 6.58 Å². The van der Waals surface area contributed by atoms with E-state index in [1.54, 1.807) is 0 Å². The minimum absolute atomic E-state index is 0.154. The molecule has 35 valence electrons. The predicted octanol–water partition coefficient (Wildman–Crippen LogP) is 2.26. The lowest BCUT2D eigenvalue weighted by atomic mass is 10.5. The Bertz CT molecular complexity index is 42.8. The van der Waals surface area contributed by atoms with Gasteiger partial charge in [0.1, 0.15) is 0 Å². The molecule has 0 heterocycles. The first-order valence-electron chi connectivity index (χ1n) is 1.55. The predicted molar refractivity (Wildman–Crippen MR) is 25.0 cm³/mol. The highest BCUT2D eigenvalue weighted by Gasteiger charge is 1.94. The fourth-order valence-electron chi connectivity index (χ4n) is 0.109. The van der Waals surface area contributed by atoms with Crippen LogP contribution < -0.4 is 0 Å². The Morgan fingerprint density at radius 2 is 2.50 bits per heavy atom. The van der Waals surface area contributed by atoms with Crippen LogP contribution >= 0.6 is 11.6 Å². The summed E-state index contributed by atoms with van der Waals surface area (Å²) in [4.78, 5) is 0. The molecule has 0 spiro atoms. The van der Waals surface area contributed by atoms with E-state index in [2.05, 4.69) is 6.58 Å². The van der Waals surface area contributed by atoms with E-state index in [9.17, 15) is 4.39 Å². The maximum absolute atomic E-state index is 11.3. The minimum Gasteiger partial charge on any atom is -0.221 e. The maximum Gasteiger partial charge on any atom is 0.234 e. The van der Waals surface area contributed by atoms with Crippen molar-refractivity contribution in [1.82, 2.24) is 0 Å². The summed E-state index contributed by atoms with van der Waals surface area (Å²) in [5.74, 6) is 0. The quantitative estimate of drug-likeness (QED) is 0.475. The largest absolute Gasteiger partial charge is 0.234 e. The summed E-state index contributed by atoms with van der Waals surface area (Å²) >= 11 is 4.76. The second-order valence-corrected chi connectivity index (χ2v) is 1.24. The molecule has 0 nitrogen and oxygen atoms in total. The van der Waals surface area contributed by atoms with Crippen LogP contribution in [0.15, 0.2) is 12.7 Å². The molecular weight excluding hydrogens is 102 g/mol. The molecule has 6 heavy (non-hydrogen) atoms. The molecule has 0 rings (SSSR count). The Labute approximate surface area is 41.6 Å². The summed E-state index contributed by atoms with van der Waals surface area (Å²) in [6, 6.07) is 0. The number of allylic oxidation sites excluding steroid dienone is 1. The zero-order valence-electron chi connectivity index (χ0n) is 3.25. The standard InChI is InChI=1S/C4H5ClF/c1-2-3-4(5)6/h2H,1,3H2. The first kappa shape index (κ1) is 5.96. The Hall–Kier alpha value is -0.0400. The smallest absolute Gasteiger partial charge is 0.221 e. The highest BCUT2D eigenvalue weighted by atomic mass is 35.5. The Balaban J connectivity index is 2.81. The van der Waals surface area contributed by atoms with Crippen molar-refractivity contribution >= 4 is 11.6 Å². The van der Waals surface area contributed by atoms with E-state index < -0.39 is 5.63 Å². The molecule has 1 radical (unpaired) electrons. The van der Waals surface area contributed by atoms with Gasteiger partial charge < -0.3 is 0 Å². The van der Waals surface area contributed by atoms with E-state index in [0.717, 1.165) is 0 Å². The lowest BCUT2D eigenvalue weighted by Gasteiger charge is -1.83. The molecule has 0 N–H and O–H groups in total. The molecule has 0 amide bonds. The Morgan fingerprint density at radius 3 is 2.50 bits per heavy atom. The van der Waals surface area contributed by atoms with Gasteiger partial charge in [-0.2, -0.15) is 0 Å². The number of hydrogen-bond acceptors (Lipinski definition) is 0. The van der Waals surface area contributed by atoms with Gasteiger partial charge in [-0.25, -0.2) is 4.39 Å². The van der Waals surface area contributed by atoms with Gasteiger partial charge in [-0.05, 0) is 0 Å². The molecule has 0 aromatic carbocycles. The van der Waals surface area contributed by atoms with Gasteiger partial charge in [-0.1, -0.05) is 17.7 Å². The summed E-state index contributed by atoms with van der Waals surface area (Å²) in [5, 5.41) is 0. The van der Waals surface area contributed by atoms with Gasteiger partial charge in [0.05, 0.1) is 0 Å². The molecular formula is C4H5ClF. The highest BCUT2D eigenvalue weighted by Crippen LogP contribution is 2.11. The van der Waals surface area contributed by atoms with Crippen LogP contribution in [-0.4, -0.2) is 0 Å². The topological polar surface area (TPSA) is 0 Å². The highest BCUT2D eigenvalue weighted by molar-refractivity contribution is 6.25. The average molecular weight is 108 g/mol. The lowest BCUT2D eigenvalue weighted by Crippen LogP contribution is -1.67. The van der Waals surface area contributed by atoms with Crippen LogP contribution in [0.25, 0.3) is 0 Å². The second kappa shape index (κ2) is 3.16. The van der Waals surface area contributed by atoms with E-state index in [0.29, 0.717) is 0 Å². The molecule has 0 bridgehead atoms. The third kappa shape index (κ3) is 3.96. The minimum atomic E-state index is -0.606. The van der Waals surface area contributed by atoms with Gasteiger partial charge in [0.2, 0.25) is 5.63 Å². The summed E-state index contributed by atoms with van der Waals surface area (Å²) in [6.07, 6.45) is 1.56. The fourth-order valence-corrected chi connectivity index (χ4v) is 0.218. The molecule has 0 aliphatic carbocycles. The Morgan fingerprint density at radius 1 is 2.00 bits per heavy atom. The molecule has 0 aliphatic heterocycles. The van der Waals surface area contributed by atoms with Crippen LogP contribution in [0.1, 0.15) is 6.42 Å². The van der Waals surface area contributed by atoms with Gasteiger partial charge in [-0.3, -0.25) is 0 Å². The molecule has 0 atom stereocenters. The van der Waals surface area contributed by atoms with Gasteiger partial charge >= 0.3 is 0 Å². The third-order valence-electron chi connectivity index (χ3n) is 0.299. The lowest BCUT2D eigenvalue weighted by molar-refractivity contribution is 0.568. The van der Waals surface area contributed by atoms with Crippen LogP contribution in [0, 0.1) is 5.63 Å². The molecule has 0 aromatic rings. The van der Waals surface area contributed by atoms with Crippen LogP contribution in [-0.2, 0) is 0 Å². The molecule has 0 saturated heterocycles. The SMILES string of the molecule is C=CC[C](F)Cl. The van der Waals surface area contributed by atoms with E-state index in [1.165, 1.54) is 6.08 Å². The number of rotatable bonds is 2. The van der Waals surface area contributed by atoms with E-state index in [-0.39, 0.29) is 6.42 Å². The van der Waals surface area contributed by atoms with Gasteiger partial charge in [0, 0.05) is 6.42 Å². The van der Waals surface area contributed by atoms with Crippen molar-refractivity contribution in [2.75, 3.05) is 0 Å². The van der Waals surface area contributed by atoms with Crippen molar-refractivity contribution in [3.05, 3.63) is 18.3 Å². The van der Waals surface area contributed by atoms with Gasteiger partial charge in [0.15, 0.2) is 0 Å². The summed E-state index contributed by atoms with van der Waals surface area (Å²) in [7, 11) is 0. The molecule has 0 saturated carbocycles. The van der Waals surface area contributed by atoms with Crippen molar-refractivity contribution in [3.63, 3.8) is 0 Å². The zero-order valence-corrected chi connectivity index (χ0v) is 4.00. The Kier molecular flexibility index (Phi) is 3.14. The number of hydrogen-bond donors (Lipinski definition) is 0. The fraction of sp³-hybridized carbons (Fsp3) is 0.250. The third-order valence-corrected chi connectivity index (χ3v) is 0.453. The first-order valence-corrected chi connectivity index (χ1v) is 1.93. The summed E-state index contributed by atoms with van der Waals surface area (Å²) in [6.45, 7) is 3.26. The zero-order chi connectivity index (χ0) is 4.99. The first-order chi connectivity index (χ1) is 2.77. The van der Waals surface area contributed by atoms with Crippen molar-refractivity contribution in [2.45, 2.75) is 6.42 Å². The molecule has 2 heteroatoms. The van der Waals surface area contributed by atoms with E-state index in [4.69, 9.17) is 11.6 Å². The van der Waals surface area contributed by atoms with Crippen LogP contribution in [0.5, 0.6) is 0 Å². The monoisotopic (exact) mass is 107 g/mol. The average Bonchev–Trinajstić information content (AvgIpc) is 1.35. The van der Waals surface area contributed by atoms with Crippen molar-refractivity contribution in [1.29, 1.82) is 0 Å². The maximum atomic E-state index is 11.3. The molecule has 0 fully saturated rings. The van der Waals surface area contributed by atoms with E-state index in [1.807, 2.05) is 0 Å². The number of halogens is 2.